The number of halogens is 2. The molecular formula is C15H6Cl2N2O2. The highest BCUT2D eigenvalue weighted by Crippen LogP contribution is 2.29. The fraction of sp³-hybridized carbons (Fsp3) is 0. The lowest BCUT2D eigenvalue weighted by Crippen LogP contribution is -2.21. The molecule has 21 heavy (non-hydrogen) atoms. The Morgan fingerprint density at radius 2 is 1.81 bits per heavy atom. The van der Waals surface area contributed by atoms with E-state index in [9.17, 15) is 9.59 Å². The molecule has 0 atom stereocenters. The Balaban J connectivity index is 2.23. The van der Waals surface area contributed by atoms with Gasteiger partial charge in [-0.05, 0) is 24.3 Å². The molecule has 2 aromatic carbocycles. The second-order valence-corrected chi connectivity index (χ2v) is 5.55. The predicted molar refractivity (Wildman–Crippen MR) is 80.8 cm³/mol. The van der Waals surface area contributed by atoms with Crippen LogP contribution in [-0.2, 0) is 0 Å². The fourth-order valence-electron chi connectivity index (χ4n) is 2.59. The number of aromatic nitrogens is 2. The molecule has 0 saturated heterocycles. The summed E-state index contributed by atoms with van der Waals surface area (Å²) in [6.45, 7) is 0. The summed E-state index contributed by atoms with van der Waals surface area (Å²) in [5.74, 6) is -0.187. The lowest BCUT2D eigenvalue weighted by Gasteiger charge is -2.06. The van der Waals surface area contributed by atoms with E-state index >= 15 is 0 Å². The summed E-state index contributed by atoms with van der Waals surface area (Å²) in [6.07, 6.45) is 0. The summed E-state index contributed by atoms with van der Waals surface area (Å²) in [4.78, 5) is 29.3. The van der Waals surface area contributed by atoms with Crippen LogP contribution in [0, 0.1) is 0 Å². The monoisotopic (exact) mass is 316 g/mol. The molecule has 3 aromatic rings. The Labute approximate surface area is 128 Å². The van der Waals surface area contributed by atoms with E-state index in [0.29, 0.717) is 21.8 Å². The van der Waals surface area contributed by atoms with E-state index in [-0.39, 0.29) is 27.6 Å². The van der Waals surface area contributed by atoms with Crippen molar-refractivity contribution < 1.29 is 4.79 Å². The van der Waals surface area contributed by atoms with Gasteiger partial charge >= 0.3 is 0 Å². The Hall–Kier alpha value is -2.17. The van der Waals surface area contributed by atoms with Gasteiger partial charge < -0.3 is 0 Å². The average Bonchev–Trinajstić information content (AvgIpc) is 2.72. The molecule has 2 heterocycles. The maximum Gasteiger partial charge on any atom is 0.267 e. The minimum absolute atomic E-state index is 0.0898. The first-order valence-electron chi connectivity index (χ1n) is 6.14. The van der Waals surface area contributed by atoms with Gasteiger partial charge in [-0.1, -0.05) is 35.3 Å². The Morgan fingerprint density at radius 3 is 2.62 bits per heavy atom. The average molecular weight is 317 g/mol. The zero-order valence-electron chi connectivity index (χ0n) is 10.4. The number of benzene rings is 2. The highest BCUT2D eigenvalue weighted by atomic mass is 35.5. The van der Waals surface area contributed by atoms with Crippen molar-refractivity contribution in [3.05, 3.63) is 68.2 Å². The van der Waals surface area contributed by atoms with Gasteiger partial charge in [0, 0.05) is 5.02 Å². The van der Waals surface area contributed by atoms with Crippen molar-refractivity contribution in [3.8, 4) is 5.69 Å². The number of para-hydroxylation sites is 1. The number of ketones is 1. The lowest BCUT2D eigenvalue weighted by molar-refractivity contribution is 0.103. The molecule has 0 amide bonds. The molecule has 0 unspecified atom stereocenters. The number of rotatable bonds is 0. The second kappa shape index (κ2) is 4.16. The number of hydrogen-bond acceptors (Lipinski definition) is 3. The quantitative estimate of drug-likeness (QED) is 0.500. The third kappa shape index (κ3) is 1.60. The van der Waals surface area contributed by atoms with E-state index in [4.69, 9.17) is 23.2 Å². The molecular weight excluding hydrogens is 311 g/mol. The molecule has 0 bridgehead atoms. The number of nitrogens with zero attached hydrogens (tertiary/aromatic N) is 2. The standard InChI is InChI=1S/C15H6Cl2N2O2/c16-7-5-9(17)12-10(6-7)18-14-13(20)8-3-1-2-4-11(8)19(14)15(12)21/h1-6H. The molecule has 1 aromatic heterocycles. The van der Waals surface area contributed by atoms with Crippen LogP contribution in [0.5, 0.6) is 0 Å². The van der Waals surface area contributed by atoms with E-state index < -0.39 is 0 Å². The minimum Gasteiger partial charge on any atom is -0.285 e. The molecule has 0 N–H and O–H groups in total. The summed E-state index contributed by atoms with van der Waals surface area (Å²) in [5, 5.41) is 0.851. The van der Waals surface area contributed by atoms with E-state index in [1.54, 1.807) is 24.3 Å². The lowest BCUT2D eigenvalue weighted by atomic mass is 10.1. The van der Waals surface area contributed by atoms with Crippen LogP contribution < -0.4 is 5.56 Å². The van der Waals surface area contributed by atoms with Crippen molar-refractivity contribution in [2.45, 2.75) is 0 Å². The first kappa shape index (κ1) is 12.6. The van der Waals surface area contributed by atoms with E-state index in [2.05, 4.69) is 4.98 Å². The number of carbonyl (C=O) groups excluding carboxylic acids is 1. The van der Waals surface area contributed by atoms with Gasteiger partial charge in [-0.2, -0.15) is 0 Å². The topological polar surface area (TPSA) is 52.0 Å². The van der Waals surface area contributed by atoms with Gasteiger partial charge in [0.05, 0.1) is 27.2 Å². The van der Waals surface area contributed by atoms with Gasteiger partial charge in [0.1, 0.15) is 0 Å². The molecule has 4 rings (SSSR count). The van der Waals surface area contributed by atoms with Crippen LogP contribution >= 0.6 is 23.2 Å². The second-order valence-electron chi connectivity index (χ2n) is 4.70. The molecule has 1 aliphatic heterocycles. The highest BCUT2D eigenvalue weighted by molar-refractivity contribution is 6.38. The van der Waals surface area contributed by atoms with Gasteiger partial charge in [0.25, 0.3) is 5.56 Å². The van der Waals surface area contributed by atoms with Crippen LogP contribution in [0.25, 0.3) is 16.6 Å². The molecule has 0 aliphatic carbocycles. The zero-order chi connectivity index (χ0) is 14.7. The van der Waals surface area contributed by atoms with Crippen molar-refractivity contribution in [1.82, 2.24) is 9.55 Å². The van der Waals surface area contributed by atoms with Crippen molar-refractivity contribution in [2.24, 2.45) is 0 Å². The number of fused-ring (bicyclic) bond motifs is 4. The first-order valence-corrected chi connectivity index (χ1v) is 6.89. The van der Waals surface area contributed by atoms with Crippen LogP contribution in [0.1, 0.15) is 16.2 Å². The summed E-state index contributed by atoms with van der Waals surface area (Å²) < 4.78 is 1.31. The summed E-state index contributed by atoms with van der Waals surface area (Å²) >= 11 is 12.0. The summed E-state index contributed by atoms with van der Waals surface area (Å²) in [5.41, 5.74) is 0.947. The maximum absolute atomic E-state index is 12.7. The van der Waals surface area contributed by atoms with Gasteiger partial charge in [0.15, 0.2) is 5.82 Å². The maximum atomic E-state index is 12.7. The summed E-state index contributed by atoms with van der Waals surface area (Å²) in [6, 6.07) is 9.91. The Kier molecular flexibility index (Phi) is 2.49. The predicted octanol–water partition coefficient (Wildman–Crippen LogP) is 3.24. The highest BCUT2D eigenvalue weighted by Gasteiger charge is 2.30. The molecule has 1 aliphatic rings. The molecule has 0 saturated carbocycles. The van der Waals surface area contributed by atoms with Gasteiger partial charge in [-0.25, -0.2) is 4.98 Å². The zero-order valence-corrected chi connectivity index (χ0v) is 11.9. The fourth-order valence-corrected chi connectivity index (χ4v) is 3.15. The van der Waals surface area contributed by atoms with E-state index in [1.807, 2.05) is 0 Å². The molecule has 0 radical (unpaired) electrons. The number of carbonyl (C=O) groups is 1. The first-order chi connectivity index (χ1) is 10.1. The Morgan fingerprint density at radius 1 is 1.05 bits per heavy atom. The van der Waals surface area contributed by atoms with Crippen LogP contribution in [0.3, 0.4) is 0 Å². The normalized spacial score (nSPS) is 12.6. The van der Waals surface area contributed by atoms with Crippen LogP contribution in [-0.4, -0.2) is 15.3 Å². The van der Waals surface area contributed by atoms with Crippen molar-refractivity contribution >= 4 is 39.9 Å². The van der Waals surface area contributed by atoms with Gasteiger partial charge in [0.2, 0.25) is 5.78 Å². The minimum atomic E-state index is -0.366. The van der Waals surface area contributed by atoms with E-state index in [1.165, 1.54) is 16.7 Å². The van der Waals surface area contributed by atoms with E-state index in [0.717, 1.165) is 0 Å². The van der Waals surface area contributed by atoms with Crippen LogP contribution in [0.2, 0.25) is 10.0 Å². The number of hydrogen-bond donors (Lipinski definition) is 0. The smallest absolute Gasteiger partial charge is 0.267 e. The third-order valence-corrected chi connectivity index (χ3v) is 4.00. The van der Waals surface area contributed by atoms with Crippen LogP contribution in [0.4, 0.5) is 0 Å². The van der Waals surface area contributed by atoms with Gasteiger partial charge in [-0.15, -0.1) is 0 Å². The SMILES string of the molecule is O=C1c2ccccc2-n2c1nc1cc(Cl)cc(Cl)c1c2=O. The molecule has 0 spiro atoms. The Bertz CT molecular complexity index is 1010. The largest absolute Gasteiger partial charge is 0.285 e. The molecule has 102 valence electrons. The molecule has 4 nitrogen and oxygen atoms in total. The van der Waals surface area contributed by atoms with Crippen molar-refractivity contribution in [3.63, 3.8) is 0 Å². The molecule has 0 fully saturated rings. The van der Waals surface area contributed by atoms with Crippen molar-refractivity contribution in [2.75, 3.05) is 0 Å². The summed E-state index contributed by atoms with van der Waals surface area (Å²) in [7, 11) is 0. The molecule has 6 heteroatoms. The van der Waals surface area contributed by atoms with Crippen LogP contribution in [0.15, 0.2) is 41.2 Å². The van der Waals surface area contributed by atoms with Crippen molar-refractivity contribution in [1.29, 1.82) is 0 Å². The third-order valence-electron chi connectivity index (χ3n) is 3.48. The van der Waals surface area contributed by atoms with Gasteiger partial charge in [-0.3, -0.25) is 14.2 Å².